The van der Waals surface area contributed by atoms with Gasteiger partial charge in [0.25, 0.3) is 15.9 Å². The lowest BCUT2D eigenvalue weighted by Crippen LogP contribution is -2.16. The fourth-order valence-electron chi connectivity index (χ4n) is 2.82. The summed E-state index contributed by atoms with van der Waals surface area (Å²) in [4.78, 5) is 10.3. The normalized spacial score (nSPS) is 11.5. The Morgan fingerprint density at radius 3 is 2.52 bits per heavy atom. The summed E-state index contributed by atoms with van der Waals surface area (Å²) in [6.07, 6.45) is 0.705. The first-order valence-corrected chi connectivity index (χ1v) is 11.4. The predicted octanol–water partition coefficient (Wildman–Crippen LogP) is 4.42. The SMILES string of the molecule is Cc1cccc(S(=O)(=O)Nc2nc3ccccc3nc2OCCc2cccs2)c1. The molecule has 2 aromatic carbocycles. The number of nitrogens with one attached hydrogen (secondary N) is 1. The fraction of sp³-hybridized carbons (Fsp3) is 0.143. The van der Waals surface area contributed by atoms with Gasteiger partial charge < -0.3 is 4.74 Å². The van der Waals surface area contributed by atoms with Crippen molar-refractivity contribution in [3.8, 4) is 5.88 Å². The van der Waals surface area contributed by atoms with E-state index >= 15 is 0 Å². The molecule has 0 fully saturated rings. The van der Waals surface area contributed by atoms with Gasteiger partial charge in [0.15, 0.2) is 0 Å². The second-order valence-electron chi connectivity index (χ2n) is 6.47. The van der Waals surface area contributed by atoms with Crippen molar-refractivity contribution >= 4 is 38.2 Å². The Balaban J connectivity index is 1.65. The zero-order valence-corrected chi connectivity index (χ0v) is 17.3. The third-order valence-electron chi connectivity index (χ3n) is 4.24. The first-order valence-electron chi connectivity index (χ1n) is 9.03. The van der Waals surface area contributed by atoms with Gasteiger partial charge in [0.1, 0.15) is 0 Å². The number of sulfonamides is 1. The maximum absolute atomic E-state index is 12.9. The molecule has 1 N–H and O–H groups in total. The van der Waals surface area contributed by atoms with Crippen LogP contribution < -0.4 is 9.46 Å². The summed E-state index contributed by atoms with van der Waals surface area (Å²) in [5.74, 6) is 0.243. The van der Waals surface area contributed by atoms with Gasteiger partial charge in [0.05, 0.1) is 22.5 Å². The Hall–Kier alpha value is -2.97. The van der Waals surface area contributed by atoms with Crippen LogP contribution in [-0.4, -0.2) is 25.0 Å². The van der Waals surface area contributed by atoms with Crippen LogP contribution in [0.2, 0.25) is 0 Å². The van der Waals surface area contributed by atoms with E-state index in [1.54, 1.807) is 35.6 Å². The minimum absolute atomic E-state index is 0.0800. The van der Waals surface area contributed by atoms with Gasteiger partial charge in [0.2, 0.25) is 5.82 Å². The lowest BCUT2D eigenvalue weighted by Gasteiger charge is -2.13. The molecule has 0 amide bonds. The van der Waals surface area contributed by atoms with Crippen molar-refractivity contribution in [3.63, 3.8) is 0 Å². The largest absolute Gasteiger partial charge is 0.475 e. The maximum Gasteiger partial charge on any atom is 0.263 e. The quantitative estimate of drug-likeness (QED) is 0.474. The molecule has 4 rings (SSSR count). The predicted molar refractivity (Wildman–Crippen MR) is 115 cm³/mol. The number of anilines is 1. The summed E-state index contributed by atoms with van der Waals surface area (Å²) in [7, 11) is -3.83. The van der Waals surface area contributed by atoms with Gasteiger partial charge in [-0.15, -0.1) is 11.3 Å². The van der Waals surface area contributed by atoms with E-state index in [4.69, 9.17) is 4.74 Å². The molecule has 4 aromatic rings. The summed E-state index contributed by atoms with van der Waals surface area (Å²) in [5, 5.41) is 2.01. The van der Waals surface area contributed by atoms with E-state index < -0.39 is 10.0 Å². The van der Waals surface area contributed by atoms with Gasteiger partial charge in [-0.25, -0.2) is 18.4 Å². The molecule has 29 heavy (non-hydrogen) atoms. The topological polar surface area (TPSA) is 81.2 Å². The standard InChI is InChI=1S/C21H19N3O3S2/c1-15-6-4-8-17(14-15)29(25,26)24-20-21(27-12-11-16-7-5-13-28-16)23-19-10-3-2-9-18(19)22-20/h2-10,13-14H,11-12H2,1H3,(H,22,24). The van der Waals surface area contributed by atoms with Crippen molar-refractivity contribution in [1.82, 2.24) is 9.97 Å². The van der Waals surface area contributed by atoms with Gasteiger partial charge in [-0.1, -0.05) is 30.3 Å². The van der Waals surface area contributed by atoms with Gasteiger partial charge in [0, 0.05) is 11.3 Å². The number of fused-ring (bicyclic) bond motifs is 1. The van der Waals surface area contributed by atoms with Crippen LogP contribution in [-0.2, 0) is 16.4 Å². The summed E-state index contributed by atoms with van der Waals surface area (Å²) in [6.45, 7) is 2.21. The first kappa shape index (κ1) is 19.4. The van der Waals surface area contributed by atoms with Gasteiger partial charge in [-0.3, -0.25) is 4.72 Å². The molecule has 0 bridgehead atoms. The van der Waals surface area contributed by atoms with Crippen molar-refractivity contribution in [2.45, 2.75) is 18.2 Å². The molecular formula is C21H19N3O3S2. The van der Waals surface area contributed by atoms with Crippen LogP contribution in [0.4, 0.5) is 5.82 Å². The number of ether oxygens (including phenoxy) is 1. The van der Waals surface area contributed by atoms with Crippen LogP contribution in [0.1, 0.15) is 10.4 Å². The van der Waals surface area contributed by atoms with Gasteiger partial charge >= 0.3 is 0 Å². The zero-order valence-electron chi connectivity index (χ0n) is 15.7. The molecule has 0 unspecified atom stereocenters. The van der Waals surface area contributed by atoms with E-state index in [9.17, 15) is 8.42 Å². The number of rotatable bonds is 7. The molecule has 0 aliphatic heterocycles. The lowest BCUT2D eigenvalue weighted by atomic mass is 10.2. The Morgan fingerprint density at radius 2 is 1.79 bits per heavy atom. The fourth-order valence-corrected chi connectivity index (χ4v) is 4.62. The molecule has 0 saturated heterocycles. The number of hydrogen-bond donors (Lipinski definition) is 1. The Kier molecular flexibility index (Phi) is 5.46. The molecule has 148 valence electrons. The molecule has 0 radical (unpaired) electrons. The molecule has 0 spiro atoms. The average Bonchev–Trinajstić information content (AvgIpc) is 3.21. The second-order valence-corrected chi connectivity index (χ2v) is 9.18. The number of para-hydroxylation sites is 2. The van der Waals surface area contributed by atoms with Gasteiger partial charge in [-0.05, 0) is 48.2 Å². The van der Waals surface area contributed by atoms with E-state index in [1.165, 1.54) is 4.88 Å². The molecular weight excluding hydrogens is 406 g/mol. The summed E-state index contributed by atoms with van der Waals surface area (Å²) in [5.41, 5.74) is 2.07. The van der Waals surface area contributed by atoms with E-state index in [0.29, 0.717) is 24.1 Å². The maximum atomic E-state index is 12.9. The van der Waals surface area contributed by atoms with Crippen molar-refractivity contribution in [1.29, 1.82) is 0 Å². The molecule has 0 atom stereocenters. The van der Waals surface area contributed by atoms with Crippen LogP contribution in [0.15, 0.2) is 70.9 Å². The van der Waals surface area contributed by atoms with Crippen LogP contribution in [0.25, 0.3) is 11.0 Å². The summed E-state index contributed by atoms with van der Waals surface area (Å²) >= 11 is 1.65. The monoisotopic (exact) mass is 425 g/mol. The third kappa shape index (κ3) is 4.55. The second kappa shape index (κ2) is 8.18. The van der Waals surface area contributed by atoms with Crippen molar-refractivity contribution in [3.05, 3.63) is 76.5 Å². The number of nitrogens with zero attached hydrogens (tertiary/aromatic N) is 2. The van der Waals surface area contributed by atoms with Crippen LogP contribution in [0.3, 0.4) is 0 Å². The molecule has 0 aliphatic carbocycles. The molecule has 8 heteroatoms. The minimum Gasteiger partial charge on any atom is -0.475 e. The number of aromatic nitrogens is 2. The molecule has 6 nitrogen and oxygen atoms in total. The average molecular weight is 426 g/mol. The Labute approximate surface area is 173 Å². The smallest absolute Gasteiger partial charge is 0.263 e. The zero-order chi connectivity index (χ0) is 20.3. The highest BCUT2D eigenvalue weighted by atomic mass is 32.2. The number of benzene rings is 2. The highest BCUT2D eigenvalue weighted by Gasteiger charge is 2.20. The van der Waals surface area contributed by atoms with Crippen LogP contribution in [0.5, 0.6) is 5.88 Å². The van der Waals surface area contributed by atoms with Crippen LogP contribution >= 0.6 is 11.3 Å². The number of hydrogen-bond acceptors (Lipinski definition) is 6. The van der Waals surface area contributed by atoms with E-state index in [1.807, 2.05) is 48.7 Å². The number of thiophene rings is 1. The molecule has 0 saturated carbocycles. The molecule has 0 aliphatic rings. The Bertz CT molecular complexity index is 1240. The van der Waals surface area contributed by atoms with Crippen LogP contribution in [0, 0.1) is 6.92 Å². The first-order chi connectivity index (χ1) is 14.0. The highest BCUT2D eigenvalue weighted by Crippen LogP contribution is 2.26. The summed E-state index contributed by atoms with van der Waals surface area (Å²) < 4.78 is 34.1. The van der Waals surface area contributed by atoms with Crippen molar-refractivity contribution in [2.75, 3.05) is 11.3 Å². The minimum atomic E-state index is -3.83. The van der Waals surface area contributed by atoms with E-state index in [-0.39, 0.29) is 16.6 Å². The number of aryl methyl sites for hydroxylation is 1. The van der Waals surface area contributed by atoms with E-state index in [2.05, 4.69) is 14.7 Å². The van der Waals surface area contributed by atoms with Gasteiger partial charge in [-0.2, -0.15) is 0 Å². The Morgan fingerprint density at radius 1 is 1.00 bits per heavy atom. The summed E-state index contributed by atoms with van der Waals surface area (Å²) in [6, 6.07) is 18.0. The lowest BCUT2D eigenvalue weighted by molar-refractivity contribution is 0.312. The molecule has 2 heterocycles. The highest BCUT2D eigenvalue weighted by molar-refractivity contribution is 7.92. The van der Waals surface area contributed by atoms with Crippen molar-refractivity contribution in [2.24, 2.45) is 0 Å². The van der Waals surface area contributed by atoms with Crippen molar-refractivity contribution < 1.29 is 13.2 Å². The van der Waals surface area contributed by atoms with E-state index in [0.717, 1.165) is 5.56 Å². The molecule has 2 aromatic heterocycles. The third-order valence-corrected chi connectivity index (χ3v) is 6.51.